The number of rotatable bonds is 7. The first-order valence-electron chi connectivity index (χ1n) is 8.08. The first-order chi connectivity index (χ1) is 11.8. The summed E-state index contributed by atoms with van der Waals surface area (Å²) in [5.74, 6) is -0.668. The van der Waals surface area contributed by atoms with Crippen LogP contribution in [0.2, 0.25) is 0 Å². The lowest BCUT2D eigenvalue weighted by molar-refractivity contribution is 0.0992. The molecule has 0 saturated heterocycles. The highest BCUT2D eigenvalue weighted by atomic mass is 32.2. The number of carbonyl (C=O) groups is 1. The summed E-state index contributed by atoms with van der Waals surface area (Å²) in [5.41, 5.74) is 8.41. The molecule has 1 amide bonds. The van der Waals surface area contributed by atoms with Crippen molar-refractivity contribution in [3.63, 3.8) is 0 Å². The topological polar surface area (TPSA) is 106 Å². The molecule has 1 aliphatic rings. The van der Waals surface area contributed by atoms with Gasteiger partial charge in [0.25, 0.3) is 5.91 Å². The van der Waals surface area contributed by atoms with Crippen molar-refractivity contribution in [2.75, 3.05) is 5.32 Å². The van der Waals surface area contributed by atoms with Crippen molar-refractivity contribution in [3.8, 4) is 0 Å². The van der Waals surface area contributed by atoms with Gasteiger partial charge in [0, 0.05) is 31.5 Å². The van der Waals surface area contributed by atoms with Gasteiger partial charge in [0.2, 0.25) is 10.0 Å². The zero-order chi connectivity index (χ0) is 18.2. The number of hydrogen-bond donors (Lipinski definition) is 3. The second-order valence-corrected chi connectivity index (χ2v) is 8.20. The van der Waals surface area contributed by atoms with Crippen LogP contribution in [0.1, 0.15) is 34.5 Å². The molecule has 0 unspecified atom stereocenters. The minimum absolute atomic E-state index is 0.0209. The molecule has 4 N–H and O–H groups in total. The van der Waals surface area contributed by atoms with Gasteiger partial charge in [-0.15, -0.1) is 0 Å². The molecule has 1 heterocycles. The number of carbonyl (C=O) groups excluding carboxylic acids is 1. The van der Waals surface area contributed by atoms with Gasteiger partial charge in [-0.1, -0.05) is 12.1 Å². The molecule has 0 atom stereocenters. The van der Waals surface area contributed by atoms with Gasteiger partial charge in [-0.05, 0) is 43.0 Å². The van der Waals surface area contributed by atoms with Crippen molar-refractivity contribution < 1.29 is 13.2 Å². The molecule has 1 saturated carbocycles. The zero-order valence-electron chi connectivity index (χ0n) is 14.2. The van der Waals surface area contributed by atoms with Crippen molar-refractivity contribution in [3.05, 3.63) is 47.3 Å². The monoisotopic (exact) mass is 362 g/mol. The summed E-state index contributed by atoms with van der Waals surface area (Å²) < 4.78 is 28.8. The van der Waals surface area contributed by atoms with E-state index in [2.05, 4.69) is 10.0 Å². The molecule has 0 radical (unpaired) electrons. The number of aromatic nitrogens is 1. The minimum Gasteiger partial charge on any atom is -0.382 e. The maximum absolute atomic E-state index is 12.4. The van der Waals surface area contributed by atoms with Gasteiger partial charge in [0.1, 0.15) is 10.6 Å². The molecule has 1 aromatic carbocycles. The van der Waals surface area contributed by atoms with Gasteiger partial charge in [-0.25, -0.2) is 13.1 Å². The summed E-state index contributed by atoms with van der Waals surface area (Å²) in [6.45, 7) is 2.17. The van der Waals surface area contributed by atoms with Gasteiger partial charge in [-0.3, -0.25) is 4.79 Å². The van der Waals surface area contributed by atoms with Crippen molar-refractivity contribution in [2.24, 2.45) is 12.8 Å². The van der Waals surface area contributed by atoms with Gasteiger partial charge in [0.05, 0.1) is 0 Å². The molecule has 1 aliphatic carbocycles. The molecule has 0 bridgehead atoms. The fraction of sp³-hybridized carbons (Fsp3) is 0.353. The molecule has 25 heavy (non-hydrogen) atoms. The molecule has 8 heteroatoms. The Morgan fingerprint density at radius 2 is 2.04 bits per heavy atom. The van der Waals surface area contributed by atoms with Crippen LogP contribution >= 0.6 is 0 Å². The van der Waals surface area contributed by atoms with E-state index in [4.69, 9.17) is 5.73 Å². The van der Waals surface area contributed by atoms with E-state index in [9.17, 15) is 13.2 Å². The molecule has 7 nitrogen and oxygen atoms in total. The van der Waals surface area contributed by atoms with Gasteiger partial charge in [0.15, 0.2) is 0 Å². The number of hydrogen-bond acceptors (Lipinski definition) is 4. The van der Waals surface area contributed by atoms with E-state index < -0.39 is 15.9 Å². The van der Waals surface area contributed by atoms with E-state index in [-0.39, 0.29) is 17.1 Å². The van der Waals surface area contributed by atoms with E-state index in [0.717, 1.165) is 16.8 Å². The Bertz CT molecular complexity index is 914. The number of nitrogens with one attached hydrogen (secondary N) is 2. The normalized spacial score (nSPS) is 14.5. The summed E-state index contributed by atoms with van der Waals surface area (Å²) in [5, 5.41) is 3.44. The van der Waals surface area contributed by atoms with Crippen LogP contribution in [-0.4, -0.2) is 24.9 Å². The zero-order valence-corrected chi connectivity index (χ0v) is 15.1. The molecular weight excluding hydrogens is 340 g/mol. The van der Waals surface area contributed by atoms with Crippen LogP contribution in [0.4, 0.5) is 5.69 Å². The molecule has 1 aromatic heterocycles. The van der Waals surface area contributed by atoms with Gasteiger partial charge >= 0.3 is 0 Å². The Morgan fingerprint density at radius 3 is 2.60 bits per heavy atom. The number of anilines is 1. The first-order valence-corrected chi connectivity index (χ1v) is 9.56. The number of amides is 1. The van der Waals surface area contributed by atoms with Gasteiger partial charge < -0.3 is 15.6 Å². The number of primary amides is 1. The standard InChI is InChI=1S/C17H22N4O3S/c1-11-7-12(3-6-15(11)20-13-4-5-13)9-19-25(23,24)14-8-16(17(18)22)21(2)10-14/h3,6-8,10,13,19-20H,4-5,9H2,1-2H3,(H2,18,22). The third-order valence-corrected chi connectivity index (χ3v) is 5.60. The van der Waals surface area contributed by atoms with Gasteiger partial charge in [-0.2, -0.15) is 0 Å². The third-order valence-electron chi connectivity index (χ3n) is 4.24. The van der Waals surface area contributed by atoms with Crippen molar-refractivity contribution in [1.29, 1.82) is 0 Å². The smallest absolute Gasteiger partial charge is 0.265 e. The van der Waals surface area contributed by atoms with E-state index in [1.54, 1.807) is 7.05 Å². The van der Waals surface area contributed by atoms with E-state index in [1.165, 1.54) is 29.7 Å². The number of sulfonamides is 1. The quantitative estimate of drug-likeness (QED) is 0.694. The van der Waals surface area contributed by atoms with Crippen LogP contribution in [0.3, 0.4) is 0 Å². The summed E-state index contributed by atoms with van der Waals surface area (Å²) in [6.07, 6.45) is 3.77. The highest BCUT2D eigenvalue weighted by Gasteiger charge is 2.22. The second-order valence-electron chi connectivity index (χ2n) is 6.43. The summed E-state index contributed by atoms with van der Waals surface area (Å²) in [7, 11) is -2.14. The summed E-state index contributed by atoms with van der Waals surface area (Å²) >= 11 is 0. The lowest BCUT2D eigenvalue weighted by Crippen LogP contribution is -2.23. The maximum atomic E-state index is 12.4. The average Bonchev–Trinajstić information content (AvgIpc) is 3.26. The SMILES string of the molecule is Cc1cc(CNS(=O)(=O)c2cc(C(N)=O)n(C)c2)ccc1NC1CC1. The highest BCUT2D eigenvalue weighted by Crippen LogP contribution is 2.27. The summed E-state index contributed by atoms with van der Waals surface area (Å²) in [6, 6.07) is 7.69. The lowest BCUT2D eigenvalue weighted by Gasteiger charge is -2.11. The Hall–Kier alpha value is -2.32. The molecular formula is C17H22N4O3S. The van der Waals surface area contributed by atoms with Crippen molar-refractivity contribution >= 4 is 21.6 Å². The predicted molar refractivity (Wildman–Crippen MR) is 95.8 cm³/mol. The first kappa shape index (κ1) is 17.5. The van der Waals surface area contributed by atoms with Crippen LogP contribution in [-0.2, 0) is 23.6 Å². The number of aryl methyl sites for hydroxylation is 2. The molecule has 0 aliphatic heterocycles. The maximum Gasteiger partial charge on any atom is 0.265 e. The average molecular weight is 362 g/mol. The Kier molecular flexibility index (Phi) is 4.57. The van der Waals surface area contributed by atoms with E-state index >= 15 is 0 Å². The van der Waals surface area contributed by atoms with Crippen LogP contribution < -0.4 is 15.8 Å². The number of nitrogens with two attached hydrogens (primary N) is 1. The molecule has 134 valence electrons. The predicted octanol–water partition coefficient (Wildman–Crippen LogP) is 1.49. The van der Waals surface area contributed by atoms with E-state index in [0.29, 0.717) is 6.04 Å². The van der Waals surface area contributed by atoms with Crippen LogP contribution in [0.15, 0.2) is 35.4 Å². The fourth-order valence-corrected chi connectivity index (χ4v) is 3.72. The fourth-order valence-electron chi connectivity index (χ4n) is 2.63. The Balaban J connectivity index is 1.70. The largest absolute Gasteiger partial charge is 0.382 e. The molecule has 0 spiro atoms. The van der Waals surface area contributed by atoms with Crippen LogP contribution in [0.25, 0.3) is 0 Å². The number of benzene rings is 1. The molecule has 3 rings (SSSR count). The third kappa shape index (κ3) is 4.02. The highest BCUT2D eigenvalue weighted by molar-refractivity contribution is 7.89. The molecule has 2 aromatic rings. The van der Waals surface area contributed by atoms with Crippen molar-refractivity contribution in [2.45, 2.75) is 37.2 Å². The Labute approximate surface area is 147 Å². The molecule has 1 fully saturated rings. The van der Waals surface area contributed by atoms with E-state index in [1.807, 2.05) is 25.1 Å². The van der Waals surface area contributed by atoms with Crippen molar-refractivity contribution in [1.82, 2.24) is 9.29 Å². The lowest BCUT2D eigenvalue weighted by atomic mass is 10.1. The van der Waals surface area contributed by atoms with Crippen LogP contribution in [0, 0.1) is 6.92 Å². The Morgan fingerprint density at radius 1 is 1.32 bits per heavy atom. The second kappa shape index (κ2) is 6.53. The minimum atomic E-state index is -3.72. The number of nitrogens with zero attached hydrogens (tertiary/aromatic N) is 1. The van der Waals surface area contributed by atoms with Crippen LogP contribution in [0.5, 0.6) is 0 Å². The summed E-state index contributed by atoms with van der Waals surface area (Å²) in [4.78, 5) is 11.3.